The molecule has 0 amide bonds. The molecule has 2 nitrogen and oxygen atoms in total. The van der Waals surface area contributed by atoms with E-state index in [1.54, 1.807) is 0 Å². The first-order valence-corrected chi connectivity index (χ1v) is 0. The van der Waals surface area contributed by atoms with Crippen molar-refractivity contribution in [2.45, 2.75) is 0 Å². The Morgan fingerprint density at radius 3 is 0.750 bits per heavy atom. The Morgan fingerprint density at radius 1 is 0.750 bits per heavy atom. The third-order valence-corrected chi connectivity index (χ3v) is 0. The van der Waals surface area contributed by atoms with Crippen molar-refractivity contribution in [1.82, 2.24) is 0 Å². The summed E-state index contributed by atoms with van der Waals surface area (Å²) in [4.78, 5) is 0. The smallest absolute Gasteiger partial charge is 0.870 e. The molecular formula is H3CaNaO2. The molecule has 0 aliphatic carbocycles. The van der Waals surface area contributed by atoms with Gasteiger partial charge in [0.2, 0.25) is 0 Å². The van der Waals surface area contributed by atoms with Gasteiger partial charge >= 0.3 is 67.3 Å². The van der Waals surface area contributed by atoms with Gasteiger partial charge in [0.25, 0.3) is 0 Å². The second-order valence-electron chi connectivity index (χ2n) is 0. The average Bonchev–Trinajstić information content (AvgIpc) is 0. The van der Waals surface area contributed by atoms with Crippen LogP contribution in [0, 0.1) is 0 Å². The van der Waals surface area contributed by atoms with Gasteiger partial charge in [-0.15, -0.1) is 0 Å². The molecule has 0 fully saturated rings. The average molecular weight is 98.1 g/mol. The van der Waals surface area contributed by atoms with Crippen LogP contribution in [0.3, 0.4) is 0 Å². The van der Waals surface area contributed by atoms with Crippen LogP contribution < -0.4 is 0 Å². The summed E-state index contributed by atoms with van der Waals surface area (Å²) in [6.07, 6.45) is 0. The largest absolute Gasteiger partial charge is 0.870 e. The normalized spacial score (nSPS) is 0. The summed E-state index contributed by atoms with van der Waals surface area (Å²) in [5.41, 5.74) is 0. The predicted molar refractivity (Wildman–Crippen MR) is 16.8 cm³/mol. The van der Waals surface area contributed by atoms with Crippen molar-refractivity contribution in [3.63, 3.8) is 0 Å². The molecule has 0 aliphatic heterocycles. The Hall–Kier alpha value is 2.18. The molecule has 0 atom stereocenters. The van der Waals surface area contributed by atoms with E-state index in [9.17, 15) is 0 Å². The van der Waals surface area contributed by atoms with Gasteiger partial charge in [0, 0.05) is 0 Å². The molecule has 4 heavy (non-hydrogen) atoms. The van der Waals surface area contributed by atoms with Crippen LogP contribution in [0.25, 0.3) is 0 Å². The van der Waals surface area contributed by atoms with E-state index in [0.717, 1.165) is 0 Å². The van der Waals surface area contributed by atoms with Crippen molar-refractivity contribution in [3.05, 3.63) is 0 Å². The zero-order chi connectivity index (χ0) is 0. The third kappa shape index (κ3) is 8.89. The number of hydrogen-bond donors (Lipinski definition) is 0. The van der Waals surface area contributed by atoms with E-state index in [-0.39, 0.29) is 78.2 Å². The summed E-state index contributed by atoms with van der Waals surface area (Å²) in [5.74, 6) is 0. The van der Waals surface area contributed by atoms with Crippen LogP contribution in [0.15, 0.2) is 0 Å². The summed E-state index contributed by atoms with van der Waals surface area (Å²) in [5, 5.41) is 0. The summed E-state index contributed by atoms with van der Waals surface area (Å²) < 4.78 is 0. The van der Waals surface area contributed by atoms with Crippen LogP contribution in [-0.2, 0) is 0 Å². The van der Waals surface area contributed by atoms with Gasteiger partial charge < -0.3 is 11.0 Å². The molecule has 0 aliphatic rings. The molecule has 0 saturated heterocycles. The fraction of sp³-hybridized carbons (Fsp3) is 0. The Kier molecular flexibility index (Phi) is 166. The van der Waals surface area contributed by atoms with E-state index in [1.807, 2.05) is 0 Å². The summed E-state index contributed by atoms with van der Waals surface area (Å²) in [6, 6.07) is 0. The van der Waals surface area contributed by atoms with Crippen LogP contribution in [0.4, 0.5) is 0 Å². The van der Waals surface area contributed by atoms with Crippen molar-refractivity contribution in [2.24, 2.45) is 0 Å². The molecule has 0 spiro atoms. The zero-order valence-corrected chi connectivity index (χ0v) is 3.81. The molecule has 0 bridgehead atoms. The molecule has 0 rings (SSSR count). The van der Waals surface area contributed by atoms with Crippen molar-refractivity contribution < 1.29 is 11.0 Å². The van der Waals surface area contributed by atoms with Crippen molar-refractivity contribution in [1.29, 1.82) is 0 Å². The Labute approximate surface area is 76.9 Å². The fourth-order valence-corrected chi connectivity index (χ4v) is 0. The van der Waals surface area contributed by atoms with Crippen molar-refractivity contribution in [2.75, 3.05) is 0 Å². The first-order chi connectivity index (χ1) is 0. The van der Waals surface area contributed by atoms with Gasteiger partial charge in [-0.05, 0) is 0 Å². The molecule has 0 aromatic heterocycles. The molecule has 0 aromatic rings. The maximum absolute atomic E-state index is 0. The summed E-state index contributed by atoms with van der Waals surface area (Å²) >= 11 is 0. The first-order valence-electron chi connectivity index (χ1n) is 0. The number of rotatable bonds is 0. The second-order valence-corrected chi connectivity index (χ2v) is 0. The minimum atomic E-state index is 0. The van der Waals surface area contributed by atoms with Gasteiger partial charge in [0.15, 0.2) is 0 Å². The maximum Gasteiger partial charge on any atom is -0.870 e. The van der Waals surface area contributed by atoms with Gasteiger partial charge in [-0.3, -0.25) is 0 Å². The van der Waals surface area contributed by atoms with Gasteiger partial charge in [0.05, 0.1) is 0 Å². The van der Waals surface area contributed by atoms with Gasteiger partial charge in [-0.25, -0.2) is 0 Å². The molecule has 0 radical (unpaired) electrons. The van der Waals surface area contributed by atoms with Crippen molar-refractivity contribution >= 4 is 67.3 Å². The molecule has 0 unspecified atom stereocenters. The topological polar surface area (TPSA) is 60.0 Å². The summed E-state index contributed by atoms with van der Waals surface area (Å²) in [6.45, 7) is 0. The first kappa shape index (κ1) is 34.9. The van der Waals surface area contributed by atoms with Gasteiger partial charge in [-0.2, -0.15) is 0 Å². The quantitative estimate of drug-likeness (QED) is 0.350. The van der Waals surface area contributed by atoms with E-state index < -0.39 is 0 Å². The minimum absolute atomic E-state index is 0. The molecule has 4 heteroatoms. The number of hydrogen-bond acceptors (Lipinski definition) is 2. The van der Waals surface area contributed by atoms with E-state index in [2.05, 4.69) is 0 Å². The van der Waals surface area contributed by atoms with E-state index in [4.69, 9.17) is 0 Å². The van der Waals surface area contributed by atoms with E-state index in [1.165, 1.54) is 0 Å². The molecular weight excluding hydrogens is 95.1 g/mol. The van der Waals surface area contributed by atoms with Crippen LogP contribution in [0.1, 0.15) is 0 Å². The van der Waals surface area contributed by atoms with Crippen LogP contribution in [0.5, 0.6) is 0 Å². The van der Waals surface area contributed by atoms with Gasteiger partial charge in [-0.1, -0.05) is 0 Å². The van der Waals surface area contributed by atoms with Crippen molar-refractivity contribution in [3.8, 4) is 0 Å². The van der Waals surface area contributed by atoms with Gasteiger partial charge in [0.1, 0.15) is 0 Å². The molecule has 0 aromatic carbocycles. The standard InChI is InChI=1S/Ca.Na.2H2O.H/h;;2*1H2;/q+2;;;;/p-2. The predicted octanol–water partition coefficient (Wildman–Crippen LogP) is -1.38. The molecule has 0 saturated carbocycles. The van der Waals surface area contributed by atoms with Crippen LogP contribution in [0.2, 0.25) is 0 Å². The maximum atomic E-state index is 0. The SMILES string of the molecule is [Ca+2].[NaH].[OH-].[OH-]. The van der Waals surface area contributed by atoms with Crippen LogP contribution in [-0.4, -0.2) is 78.2 Å². The monoisotopic (exact) mass is 98.0 g/mol. The third-order valence-electron chi connectivity index (χ3n) is 0. The second kappa shape index (κ2) is 19.0. The molecule has 2 N–H and O–H groups in total. The fourth-order valence-electron chi connectivity index (χ4n) is 0. The summed E-state index contributed by atoms with van der Waals surface area (Å²) in [7, 11) is 0. The Morgan fingerprint density at radius 2 is 0.750 bits per heavy atom. The van der Waals surface area contributed by atoms with Crippen LogP contribution >= 0.6 is 0 Å². The Bertz CT molecular complexity index is 6.00. The van der Waals surface area contributed by atoms with E-state index in [0.29, 0.717) is 0 Å². The van der Waals surface area contributed by atoms with E-state index >= 15 is 0 Å². The molecule has 18 valence electrons. The minimum Gasteiger partial charge on any atom is -0.870 e. The molecule has 0 heterocycles. The Balaban J connectivity index is 0. The zero-order valence-electron chi connectivity index (χ0n) is 1.60.